The smallest absolute Gasteiger partial charge is 0.0770 e. The zero-order valence-corrected chi connectivity index (χ0v) is 9.89. The molecule has 1 aliphatic rings. The lowest BCUT2D eigenvalue weighted by molar-refractivity contribution is 0.256. The molecular weight excluding hydrogens is 202 g/mol. The van der Waals surface area contributed by atoms with Gasteiger partial charge in [-0.2, -0.15) is 0 Å². The molecule has 0 amide bonds. The molecule has 0 aromatic carbocycles. The Kier molecular flexibility index (Phi) is 3.90. The van der Waals surface area contributed by atoms with E-state index in [1.165, 1.54) is 19.3 Å². The standard InChI is InChI=1S/C11H21N5/c1-2-6-16-11(8-13-15-16)10(14-12)7-9-4-3-5-9/h8-10,14H,2-7,12H2,1H3. The zero-order valence-electron chi connectivity index (χ0n) is 9.89. The molecule has 3 N–H and O–H groups in total. The molecule has 1 aliphatic carbocycles. The molecule has 16 heavy (non-hydrogen) atoms. The summed E-state index contributed by atoms with van der Waals surface area (Å²) in [6.07, 6.45) is 8.05. The first kappa shape index (κ1) is 11.5. The van der Waals surface area contributed by atoms with E-state index in [2.05, 4.69) is 22.7 Å². The SMILES string of the molecule is CCCn1nncc1C(CC1CCC1)NN. The topological polar surface area (TPSA) is 68.8 Å². The van der Waals surface area contributed by atoms with Crippen molar-refractivity contribution >= 4 is 0 Å². The van der Waals surface area contributed by atoms with Gasteiger partial charge in [-0.25, -0.2) is 4.68 Å². The Morgan fingerprint density at radius 3 is 3.00 bits per heavy atom. The molecule has 5 heteroatoms. The van der Waals surface area contributed by atoms with Gasteiger partial charge < -0.3 is 0 Å². The Balaban J connectivity index is 2.02. The van der Waals surface area contributed by atoms with Crippen LogP contribution in [0.3, 0.4) is 0 Å². The van der Waals surface area contributed by atoms with Crippen LogP contribution in [-0.4, -0.2) is 15.0 Å². The summed E-state index contributed by atoms with van der Waals surface area (Å²) < 4.78 is 1.96. The number of hydrazine groups is 1. The third-order valence-corrected chi connectivity index (χ3v) is 3.44. The summed E-state index contributed by atoms with van der Waals surface area (Å²) in [5.74, 6) is 6.46. The van der Waals surface area contributed by atoms with Gasteiger partial charge >= 0.3 is 0 Å². The summed E-state index contributed by atoms with van der Waals surface area (Å²) in [5, 5.41) is 8.08. The predicted octanol–water partition coefficient (Wildman–Crippen LogP) is 1.38. The number of nitrogens with two attached hydrogens (primary N) is 1. The number of aromatic nitrogens is 3. The minimum atomic E-state index is 0.201. The van der Waals surface area contributed by atoms with Crippen LogP contribution in [0.1, 0.15) is 50.8 Å². The molecule has 1 aromatic heterocycles. The number of nitrogens with one attached hydrogen (secondary N) is 1. The lowest BCUT2D eigenvalue weighted by Gasteiger charge is -2.29. The molecular formula is C11H21N5. The van der Waals surface area contributed by atoms with Crippen LogP contribution in [0, 0.1) is 5.92 Å². The van der Waals surface area contributed by atoms with E-state index in [9.17, 15) is 0 Å². The van der Waals surface area contributed by atoms with Gasteiger partial charge in [-0.05, 0) is 18.8 Å². The number of nitrogens with zero attached hydrogens (tertiary/aromatic N) is 3. The van der Waals surface area contributed by atoms with Crippen LogP contribution < -0.4 is 11.3 Å². The maximum absolute atomic E-state index is 5.64. The molecule has 1 unspecified atom stereocenters. The molecule has 90 valence electrons. The summed E-state index contributed by atoms with van der Waals surface area (Å²) in [6, 6.07) is 0.201. The van der Waals surface area contributed by atoms with Crippen LogP contribution >= 0.6 is 0 Å². The fourth-order valence-corrected chi connectivity index (χ4v) is 2.26. The first-order valence-electron chi connectivity index (χ1n) is 6.19. The third-order valence-electron chi connectivity index (χ3n) is 3.44. The first-order valence-corrected chi connectivity index (χ1v) is 6.19. The van der Waals surface area contributed by atoms with E-state index >= 15 is 0 Å². The summed E-state index contributed by atoms with van der Waals surface area (Å²) in [7, 11) is 0. The maximum Gasteiger partial charge on any atom is 0.0770 e. The van der Waals surface area contributed by atoms with E-state index in [1.807, 2.05) is 10.9 Å². The third kappa shape index (κ3) is 2.41. The Bertz CT molecular complexity index is 318. The number of hydrogen-bond acceptors (Lipinski definition) is 4. The lowest BCUT2D eigenvalue weighted by atomic mass is 9.80. The van der Waals surface area contributed by atoms with Crippen molar-refractivity contribution in [3.8, 4) is 0 Å². The quantitative estimate of drug-likeness (QED) is 0.565. The molecule has 1 fully saturated rings. The van der Waals surface area contributed by atoms with E-state index in [1.54, 1.807) is 0 Å². The van der Waals surface area contributed by atoms with E-state index in [-0.39, 0.29) is 6.04 Å². The summed E-state index contributed by atoms with van der Waals surface area (Å²) in [5.41, 5.74) is 4.02. The number of hydrogen-bond donors (Lipinski definition) is 2. The Morgan fingerprint density at radius 1 is 1.62 bits per heavy atom. The van der Waals surface area contributed by atoms with Crippen molar-refractivity contribution < 1.29 is 0 Å². The van der Waals surface area contributed by atoms with E-state index < -0.39 is 0 Å². The predicted molar refractivity (Wildman–Crippen MR) is 62.3 cm³/mol. The van der Waals surface area contributed by atoms with Crippen molar-refractivity contribution in [1.82, 2.24) is 20.4 Å². The summed E-state index contributed by atoms with van der Waals surface area (Å²) >= 11 is 0. The number of aryl methyl sites for hydroxylation is 1. The normalized spacial score (nSPS) is 18.4. The maximum atomic E-state index is 5.64. The van der Waals surface area contributed by atoms with Crippen molar-refractivity contribution in [3.05, 3.63) is 11.9 Å². The van der Waals surface area contributed by atoms with Gasteiger partial charge in [0.25, 0.3) is 0 Å². The second-order valence-corrected chi connectivity index (χ2v) is 4.63. The molecule has 1 saturated carbocycles. The molecule has 0 saturated heterocycles. The number of rotatable bonds is 6. The van der Waals surface area contributed by atoms with Crippen LogP contribution in [0.5, 0.6) is 0 Å². The Morgan fingerprint density at radius 2 is 2.44 bits per heavy atom. The largest absolute Gasteiger partial charge is 0.271 e. The van der Waals surface area contributed by atoms with Gasteiger partial charge in [0, 0.05) is 6.54 Å². The van der Waals surface area contributed by atoms with Gasteiger partial charge in [0.1, 0.15) is 0 Å². The van der Waals surface area contributed by atoms with Gasteiger partial charge in [-0.15, -0.1) is 5.10 Å². The van der Waals surface area contributed by atoms with Crippen molar-refractivity contribution in [3.63, 3.8) is 0 Å². The first-order chi connectivity index (χ1) is 7.85. The van der Waals surface area contributed by atoms with Crippen molar-refractivity contribution in [1.29, 1.82) is 0 Å². The Hall–Kier alpha value is -0.940. The monoisotopic (exact) mass is 223 g/mol. The molecule has 1 heterocycles. The minimum Gasteiger partial charge on any atom is -0.271 e. The summed E-state index contributed by atoms with van der Waals surface area (Å²) in [6.45, 7) is 3.06. The molecule has 1 aromatic rings. The second kappa shape index (κ2) is 5.41. The lowest BCUT2D eigenvalue weighted by Crippen LogP contribution is -2.32. The summed E-state index contributed by atoms with van der Waals surface area (Å²) in [4.78, 5) is 0. The van der Waals surface area contributed by atoms with Gasteiger partial charge in [0.15, 0.2) is 0 Å². The highest BCUT2D eigenvalue weighted by molar-refractivity contribution is 5.02. The van der Waals surface area contributed by atoms with Crippen molar-refractivity contribution in [2.24, 2.45) is 11.8 Å². The highest BCUT2D eigenvalue weighted by Gasteiger charge is 2.24. The van der Waals surface area contributed by atoms with Crippen molar-refractivity contribution in [2.75, 3.05) is 0 Å². The van der Waals surface area contributed by atoms with E-state index in [0.29, 0.717) is 0 Å². The molecule has 0 spiro atoms. The van der Waals surface area contributed by atoms with Crippen LogP contribution in [0.15, 0.2) is 6.20 Å². The molecule has 2 rings (SSSR count). The van der Waals surface area contributed by atoms with E-state index in [4.69, 9.17) is 5.84 Å². The van der Waals surface area contributed by atoms with Gasteiger partial charge in [-0.3, -0.25) is 11.3 Å². The van der Waals surface area contributed by atoms with Crippen LogP contribution in [0.2, 0.25) is 0 Å². The molecule has 0 aliphatic heterocycles. The van der Waals surface area contributed by atoms with Crippen molar-refractivity contribution in [2.45, 2.75) is 51.6 Å². The van der Waals surface area contributed by atoms with Gasteiger partial charge in [-0.1, -0.05) is 31.4 Å². The zero-order chi connectivity index (χ0) is 11.4. The minimum absolute atomic E-state index is 0.201. The Labute approximate surface area is 96.4 Å². The van der Waals surface area contributed by atoms with Gasteiger partial charge in [0.05, 0.1) is 17.9 Å². The van der Waals surface area contributed by atoms with Crippen LogP contribution in [-0.2, 0) is 6.54 Å². The highest BCUT2D eigenvalue weighted by Crippen LogP contribution is 2.34. The average molecular weight is 223 g/mol. The van der Waals surface area contributed by atoms with E-state index in [0.717, 1.165) is 31.0 Å². The van der Waals surface area contributed by atoms with Gasteiger partial charge in [0.2, 0.25) is 0 Å². The molecule has 1 atom stereocenters. The van der Waals surface area contributed by atoms with Crippen LogP contribution in [0.4, 0.5) is 0 Å². The van der Waals surface area contributed by atoms with Crippen LogP contribution in [0.25, 0.3) is 0 Å². The molecule has 0 radical (unpaired) electrons. The fourth-order valence-electron chi connectivity index (χ4n) is 2.26. The highest BCUT2D eigenvalue weighted by atomic mass is 15.4. The molecule has 5 nitrogen and oxygen atoms in total. The fraction of sp³-hybridized carbons (Fsp3) is 0.818. The second-order valence-electron chi connectivity index (χ2n) is 4.63. The molecule has 0 bridgehead atoms. The average Bonchev–Trinajstić information content (AvgIpc) is 2.66.